The Bertz CT molecular complexity index is 221. The number of ether oxygens (including phenoxy) is 2. The number of rotatable bonds is 3. The number of hydrogen-bond acceptors (Lipinski definition) is 3. The van der Waals surface area contributed by atoms with Crippen LogP contribution in [0.25, 0.3) is 0 Å². The zero-order valence-corrected chi connectivity index (χ0v) is 9.41. The molecule has 3 heteroatoms. The first-order valence-electron chi connectivity index (χ1n) is 5.91. The molecule has 2 fully saturated rings. The first-order valence-corrected chi connectivity index (χ1v) is 5.91. The molecule has 0 N–H and O–H groups in total. The smallest absolute Gasteiger partial charge is 0.122 e. The molecule has 3 nitrogen and oxygen atoms in total. The summed E-state index contributed by atoms with van der Waals surface area (Å²) in [5.74, 6) is 0.827. The lowest BCUT2D eigenvalue weighted by Gasteiger charge is -2.37. The molecule has 0 aromatic heterocycles. The summed E-state index contributed by atoms with van der Waals surface area (Å²) in [7, 11) is 0. The summed E-state index contributed by atoms with van der Waals surface area (Å²) in [4.78, 5) is 10.6. The van der Waals surface area contributed by atoms with E-state index in [0.717, 1.165) is 51.8 Å². The van der Waals surface area contributed by atoms with Gasteiger partial charge in [-0.15, -0.1) is 0 Å². The Kier molecular flexibility index (Phi) is 3.42. The average Bonchev–Trinajstić information content (AvgIpc) is 2.66. The summed E-state index contributed by atoms with van der Waals surface area (Å²) in [5, 5.41) is 0. The van der Waals surface area contributed by atoms with Crippen LogP contribution < -0.4 is 0 Å². The Morgan fingerprint density at radius 3 is 3.07 bits per heavy atom. The minimum Gasteiger partial charge on any atom is -0.378 e. The monoisotopic (exact) mass is 212 g/mol. The van der Waals surface area contributed by atoms with Gasteiger partial charge in [-0.2, -0.15) is 0 Å². The Balaban J connectivity index is 1.89. The maximum absolute atomic E-state index is 10.6. The van der Waals surface area contributed by atoms with Gasteiger partial charge in [0.15, 0.2) is 0 Å². The number of carbonyl (C=O) groups excluding carboxylic acids is 1. The van der Waals surface area contributed by atoms with Crippen LogP contribution in [0.1, 0.15) is 32.6 Å². The van der Waals surface area contributed by atoms with Crippen molar-refractivity contribution in [2.45, 2.75) is 38.2 Å². The van der Waals surface area contributed by atoms with Crippen LogP contribution in [0.15, 0.2) is 0 Å². The lowest BCUT2D eigenvalue weighted by Crippen LogP contribution is -2.40. The van der Waals surface area contributed by atoms with Crippen molar-refractivity contribution >= 4 is 6.29 Å². The van der Waals surface area contributed by atoms with E-state index in [0.29, 0.717) is 5.92 Å². The third-order valence-corrected chi connectivity index (χ3v) is 3.60. The van der Waals surface area contributed by atoms with Crippen molar-refractivity contribution in [1.29, 1.82) is 0 Å². The van der Waals surface area contributed by atoms with Crippen LogP contribution in [0.2, 0.25) is 0 Å². The van der Waals surface area contributed by atoms with Gasteiger partial charge in [0.05, 0.1) is 12.2 Å². The fraction of sp³-hybridized carbons (Fsp3) is 0.917. The normalized spacial score (nSPS) is 38.1. The molecular formula is C12H20O3. The highest BCUT2D eigenvalue weighted by atomic mass is 16.6. The second-order valence-electron chi connectivity index (χ2n) is 5.04. The summed E-state index contributed by atoms with van der Waals surface area (Å²) < 4.78 is 11.3. The molecule has 0 radical (unpaired) electrons. The van der Waals surface area contributed by atoms with Gasteiger partial charge in [0.25, 0.3) is 0 Å². The van der Waals surface area contributed by atoms with Gasteiger partial charge in [-0.05, 0) is 25.2 Å². The second-order valence-corrected chi connectivity index (χ2v) is 5.04. The molecule has 86 valence electrons. The van der Waals surface area contributed by atoms with Gasteiger partial charge in [-0.3, -0.25) is 0 Å². The highest BCUT2D eigenvalue weighted by Gasteiger charge is 2.40. The molecule has 0 amide bonds. The third-order valence-electron chi connectivity index (χ3n) is 3.60. The molecule has 0 bridgehead atoms. The van der Waals surface area contributed by atoms with E-state index in [4.69, 9.17) is 9.47 Å². The number of hydrogen-bond donors (Lipinski definition) is 0. The van der Waals surface area contributed by atoms with Crippen LogP contribution >= 0.6 is 0 Å². The Morgan fingerprint density at radius 2 is 2.40 bits per heavy atom. The predicted octanol–water partition coefficient (Wildman–Crippen LogP) is 1.80. The van der Waals surface area contributed by atoms with Gasteiger partial charge in [-0.25, -0.2) is 0 Å². The second kappa shape index (κ2) is 4.62. The van der Waals surface area contributed by atoms with Crippen LogP contribution in [0, 0.1) is 11.8 Å². The molecule has 15 heavy (non-hydrogen) atoms. The third kappa shape index (κ3) is 2.58. The minimum atomic E-state index is -0.00841. The van der Waals surface area contributed by atoms with Crippen LogP contribution in [-0.4, -0.2) is 31.7 Å². The van der Waals surface area contributed by atoms with E-state index >= 15 is 0 Å². The van der Waals surface area contributed by atoms with E-state index < -0.39 is 0 Å². The summed E-state index contributed by atoms with van der Waals surface area (Å²) in [6, 6.07) is 0. The van der Waals surface area contributed by atoms with Crippen LogP contribution in [0.5, 0.6) is 0 Å². The SMILES string of the molecule is CC(C=O)CC1CCOC2(CCOC2)C1. The van der Waals surface area contributed by atoms with Crippen molar-refractivity contribution in [3.8, 4) is 0 Å². The summed E-state index contributed by atoms with van der Waals surface area (Å²) in [6.45, 7) is 4.41. The van der Waals surface area contributed by atoms with E-state index in [2.05, 4.69) is 0 Å². The largest absolute Gasteiger partial charge is 0.378 e. The Hall–Kier alpha value is -0.410. The number of carbonyl (C=O) groups is 1. The van der Waals surface area contributed by atoms with Gasteiger partial charge in [0.2, 0.25) is 0 Å². The van der Waals surface area contributed by atoms with Crippen molar-refractivity contribution in [2.75, 3.05) is 19.8 Å². The lowest BCUT2D eigenvalue weighted by atomic mass is 9.81. The molecule has 2 heterocycles. The quantitative estimate of drug-likeness (QED) is 0.669. The molecule has 1 spiro atoms. The first-order chi connectivity index (χ1) is 7.24. The molecule has 2 saturated heterocycles. The van der Waals surface area contributed by atoms with Crippen molar-refractivity contribution in [3.05, 3.63) is 0 Å². The van der Waals surface area contributed by atoms with Crippen LogP contribution in [0.4, 0.5) is 0 Å². The molecule has 0 aliphatic carbocycles. The summed E-state index contributed by atoms with van der Waals surface area (Å²) >= 11 is 0. The van der Waals surface area contributed by atoms with Gasteiger partial charge >= 0.3 is 0 Å². The lowest BCUT2D eigenvalue weighted by molar-refractivity contribution is -0.114. The zero-order chi connectivity index (χ0) is 10.7. The summed E-state index contributed by atoms with van der Waals surface area (Å²) in [6.07, 6.45) is 5.27. The highest BCUT2D eigenvalue weighted by molar-refractivity contribution is 5.52. The van der Waals surface area contributed by atoms with Crippen LogP contribution in [0.3, 0.4) is 0 Å². The first kappa shape index (κ1) is 11.1. The summed E-state index contributed by atoms with van der Waals surface area (Å²) in [5.41, 5.74) is -0.00841. The van der Waals surface area contributed by atoms with E-state index in [9.17, 15) is 4.79 Å². The molecule has 3 atom stereocenters. The Morgan fingerprint density at radius 1 is 1.53 bits per heavy atom. The predicted molar refractivity (Wildman–Crippen MR) is 56.7 cm³/mol. The van der Waals surface area contributed by atoms with Crippen molar-refractivity contribution in [1.82, 2.24) is 0 Å². The number of aldehydes is 1. The molecular weight excluding hydrogens is 192 g/mol. The molecule has 0 aromatic rings. The molecule has 2 aliphatic rings. The topological polar surface area (TPSA) is 35.5 Å². The van der Waals surface area contributed by atoms with Crippen molar-refractivity contribution in [2.24, 2.45) is 11.8 Å². The van der Waals surface area contributed by atoms with Crippen molar-refractivity contribution in [3.63, 3.8) is 0 Å². The van der Waals surface area contributed by atoms with Gasteiger partial charge in [0, 0.05) is 25.6 Å². The molecule has 0 saturated carbocycles. The minimum absolute atomic E-state index is 0.00841. The molecule has 2 aliphatic heterocycles. The average molecular weight is 212 g/mol. The van der Waals surface area contributed by atoms with E-state index in [-0.39, 0.29) is 11.5 Å². The zero-order valence-electron chi connectivity index (χ0n) is 9.41. The van der Waals surface area contributed by atoms with Crippen molar-refractivity contribution < 1.29 is 14.3 Å². The van der Waals surface area contributed by atoms with Crippen LogP contribution in [-0.2, 0) is 14.3 Å². The van der Waals surface area contributed by atoms with E-state index in [1.807, 2.05) is 6.92 Å². The Labute approximate surface area is 91.1 Å². The standard InChI is InChI=1S/C12H20O3/c1-10(8-13)6-11-2-4-15-12(7-11)3-5-14-9-12/h8,10-11H,2-7,9H2,1H3. The van der Waals surface area contributed by atoms with Gasteiger partial charge < -0.3 is 14.3 Å². The van der Waals surface area contributed by atoms with Gasteiger partial charge in [-0.1, -0.05) is 6.92 Å². The fourth-order valence-electron chi connectivity index (χ4n) is 2.78. The maximum atomic E-state index is 10.6. The fourth-order valence-corrected chi connectivity index (χ4v) is 2.78. The van der Waals surface area contributed by atoms with Gasteiger partial charge in [0.1, 0.15) is 6.29 Å². The maximum Gasteiger partial charge on any atom is 0.122 e. The molecule has 2 rings (SSSR count). The highest BCUT2D eigenvalue weighted by Crippen LogP contribution is 2.37. The van der Waals surface area contributed by atoms with E-state index in [1.165, 1.54) is 0 Å². The molecule has 3 unspecified atom stereocenters. The molecule has 0 aromatic carbocycles. The van der Waals surface area contributed by atoms with E-state index in [1.54, 1.807) is 0 Å².